The number of carbonyl (C=O) groups is 2. The van der Waals surface area contributed by atoms with Gasteiger partial charge in [-0.15, -0.1) is 0 Å². The molecule has 0 spiro atoms. The summed E-state index contributed by atoms with van der Waals surface area (Å²) in [6.07, 6.45) is 1.85. The van der Waals surface area contributed by atoms with E-state index in [2.05, 4.69) is 10.1 Å². The van der Waals surface area contributed by atoms with E-state index in [0.717, 1.165) is 5.56 Å². The normalized spacial score (nSPS) is 9.82. The Labute approximate surface area is 99.5 Å². The van der Waals surface area contributed by atoms with Gasteiger partial charge in [-0.1, -0.05) is 0 Å². The Balaban J connectivity index is 2.54. The highest BCUT2D eigenvalue weighted by atomic mass is 16.6. The second-order valence-electron chi connectivity index (χ2n) is 3.49. The number of rotatable bonds is 5. The van der Waals surface area contributed by atoms with Gasteiger partial charge < -0.3 is 14.9 Å². The number of nitrogens with zero attached hydrogens (tertiary/aromatic N) is 1. The van der Waals surface area contributed by atoms with Crippen LogP contribution in [-0.4, -0.2) is 37.4 Å². The molecule has 0 aliphatic rings. The summed E-state index contributed by atoms with van der Waals surface area (Å²) in [5.41, 5.74) is 1.32. The van der Waals surface area contributed by atoms with E-state index in [4.69, 9.17) is 4.84 Å². The van der Waals surface area contributed by atoms with Crippen LogP contribution in [0, 0.1) is 6.92 Å². The smallest absolute Gasteiger partial charge is 0.307 e. The topological polar surface area (TPSA) is 69.6 Å². The summed E-state index contributed by atoms with van der Waals surface area (Å²) in [5, 5.41) is 2.61. The summed E-state index contributed by atoms with van der Waals surface area (Å²) in [6.45, 7) is 2.10. The van der Waals surface area contributed by atoms with Crippen molar-refractivity contribution in [1.82, 2.24) is 10.0 Å². The maximum absolute atomic E-state index is 11.7. The Hall–Kier alpha value is -1.98. The third kappa shape index (κ3) is 3.51. The molecular formula is C11H16N2O4. The zero-order chi connectivity index (χ0) is 12.8. The van der Waals surface area contributed by atoms with Crippen LogP contribution in [0.25, 0.3) is 0 Å². The third-order valence-electron chi connectivity index (χ3n) is 2.19. The summed E-state index contributed by atoms with van der Waals surface area (Å²) in [4.78, 5) is 27.6. The second kappa shape index (κ2) is 5.93. The first kappa shape index (κ1) is 13.1. The van der Waals surface area contributed by atoms with E-state index >= 15 is 0 Å². The molecule has 6 heteroatoms. The Bertz CT molecular complexity index is 412. The van der Waals surface area contributed by atoms with Crippen LogP contribution >= 0.6 is 0 Å². The maximum atomic E-state index is 11.7. The predicted octanol–water partition coefficient (Wildman–Crippen LogP) is 0.148. The molecule has 0 atom stereocenters. The third-order valence-corrected chi connectivity index (χ3v) is 2.19. The van der Waals surface area contributed by atoms with Gasteiger partial charge in [0.2, 0.25) is 0 Å². The molecule has 0 aliphatic carbocycles. The second-order valence-corrected chi connectivity index (χ2v) is 3.49. The quantitative estimate of drug-likeness (QED) is 0.744. The predicted molar refractivity (Wildman–Crippen MR) is 60.6 cm³/mol. The van der Waals surface area contributed by atoms with E-state index in [9.17, 15) is 9.59 Å². The van der Waals surface area contributed by atoms with Crippen molar-refractivity contribution in [1.29, 1.82) is 0 Å². The van der Waals surface area contributed by atoms with Crippen molar-refractivity contribution in [3.05, 3.63) is 23.5 Å². The average molecular weight is 240 g/mol. The van der Waals surface area contributed by atoms with Gasteiger partial charge in [0.05, 0.1) is 13.5 Å². The summed E-state index contributed by atoms with van der Waals surface area (Å²) < 4.78 is 5.84. The van der Waals surface area contributed by atoms with Crippen LogP contribution in [-0.2, 0) is 9.53 Å². The fourth-order valence-corrected chi connectivity index (χ4v) is 1.36. The molecule has 1 rings (SSSR count). The van der Waals surface area contributed by atoms with E-state index in [1.807, 2.05) is 6.92 Å². The lowest BCUT2D eigenvalue weighted by molar-refractivity contribution is -0.140. The summed E-state index contributed by atoms with van der Waals surface area (Å²) >= 11 is 0. The van der Waals surface area contributed by atoms with E-state index < -0.39 is 0 Å². The van der Waals surface area contributed by atoms with Gasteiger partial charge >= 0.3 is 5.97 Å². The monoisotopic (exact) mass is 240 g/mol. The number of carbonyl (C=O) groups excluding carboxylic acids is 2. The minimum absolute atomic E-state index is 0.148. The van der Waals surface area contributed by atoms with Gasteiger partial charge in [-0.05, 0) is 18.6 Å². The summed E-state index contributed by atoms with van der Waals surface area (Å²) in [7, 11) is 2.79. The first-order chi connectivity index (χ1) is 8.08. The number of hydrogen-bond donors (Lipinski definition) is 1. The van der Waals surface area contributed by atoms with Crippen LogP contribution < -0.4 is 10.2 Å². The molecule has 0 aromatic carbocycles. The van der Waals surface area contributed by atoms with Crippen molar-refractivity contribution in [3.8, 4) is 0 Å². The molecular weight excluding hydrogens is 224 g/mol. The van der Waals surface area contributed by atoms with Gasteiger partial charge in [0.15, 0.2) is 0 Å². The van der Waals surface area contributed by atoms with Gasteiger partial charge in [0.25, 0.3) is 5.91 Å². The lowest BCUT2D eigenvalue weighted by Gasteiger charge is -2.07. The summed E-state index contributed by atoms with van der Waals surface area (Å²) in [6, 6.07) is 1.71. The number of hydrogen-bond acceptors (Lipinski definition) is 4. The van der Waals surface area contributed by atoms with E-state index in [1.54, 1.807) is 12.3 Å². The molecule has 0 aliphatic heterocycles. The molecule has 6 nitrogen and oxygen atoms in total. The minimum Gasteiger partial charge on any atom is -0.469 e. The summed E-state index contributed by atoms with van der Waals surface area (Å²) in [5.74, 6) is -0.646. The fourth-order valence-electron chi connectivity index (χ4n) is 1.36. The fraction of sp³-hybridized carbons (Fsp3) is 0.455. The van der Waals surface area contributed by atoms with Crippen molar-refractivity contribution < 1.29 is 19.2 Å². The molecule has 1 N–H and O–H groups in total. The number of aryl methyl sites for hydroxylation is 1. The number of methoxy groups -OCH3 is 1. The maximum Gasteiger partial charge on any atom is 0.307 e. The van der Waals surface area contributed by atoms with Crippen molar-refractivity contribution in [2.45, 2.75) is 13.3 Å². The largest absolute Gasteiger partial charge is 0.469 e. The highest BCUT2D eigenvalue weighted by Crippen LogP contribution is 2.05. The van der Waals surface area contributed by atoms with Gasteiger partial charge in [-0.25, -0.2) is 0 Å². The number of amides is 1. The minimum atomic E-state index is -0.358. The Kier molecular flexibility index (Phi) is 4.56. The molecule has 0 fully saturated rings. The lowest BCUT2D eigenvalue weighted by Crippen LogP contribution is -2.29. The molecule has 0 saturated heterocycles. The molecule has 0 unspecified atom stereocenters. The average Bonchev–Trinajstić information content (AvgIpc) is 2.70. The van der Waals surface area contributed by atoms with Crippen LogP contribution in [0.15, 0.2) is 12.3 Å². The first-order valence-corrected chi connectivity index (χ1v) is 5.17. The molecule has 1 aromatic heterocycles. The number of nitrogens with one attached hydrogen (secondary N) is 1. The SMILES string of the molecule is COC(=O)CCNC(=O)c1cc(C)cn1OC. The Morgan fingerprint density at radius 2 is 2.12 bits per heavy atom. The number of esters is 1. The van der Waals surface area contributed by atoms with Crippen LogP contribution in [0.4, 0.5) is 0 Å². The molecule has 0 radical (unpaired) electrons. The molecule has 1 aromatic rings. The standard InChI is InChI=1S/C11H16N2O4/c1-8-6-9(13(7-8)17-3)11(15)12-5-4-10(14)16-2/h6-7H,4-5H2,1-3H3,(H,12,15). The Morgan fingerprint density at radius 1 is 1.41 bits per heavy atom. The van der Waals surface area contributed by atoms with E-state index in [1.165, 1.54) is 19.0 Å². The van der Waals surface area contributed by atoms with Gasteiger partial charge in [0.1, 0.15) is 12.8 Å². The zero-order valence-electron chi connectivity index (χ0n) is 10.1. The van der Waals surface area contributed by atoms with Gasteiger partial charge in [-0.2, -0.15) is 4.73 Å². The molecule has 1 heterocycles. The van der Waals surface area contributed by atoms with E-state index in [0.29, 0.717) is 5.69 Å². The van der Waals surface area contributed by atoms with Gasteiger partial charge in [-0.3, -0.25) is 9.59 Å². The highest BCUT2D eigenvalue weighted by molar-refractivity contribution is 5.93. The number of ether oxygens (including phenoxy) is 1. The highest BCUT2D eigenvalue weighted by Gasteiger charge is 2.13. The molecule has 0 bridgehead atoms. The van der Waals surface area contributed by atoms with Crippen molar-refractivity contribution in [3.63, 3.8) is 0 Å². The Morgan fingerprint density at radius 3 is 2.71 bits per heavy atom. The van der Waals surface area contributed by atoms with E-state index in [-0.39, 0.29) is 24.8 Å². The zero-order valence-corrected chi connectivity index (χ0v) is 10.1. The van der Waals surface area contributed by atoms with Crippen molar-refractivity contribution in [2.75, 3.05) is 20.8 Å². The van der Waals surface area contributed by atoms with Crippen molar-refractivity contribution >= 4 is 11.9 Å². The molecule has 17 heavy (non-hydrogen) atoms. The lowest BCUT2D eigenvalue weighted by atomic mass is 10.3. The number of aromatic nitrogens is 1. The molecule has 1 amide bonds. The van der Waals surface area contributed by atoms with Crippen LogP contribution in [0.3, 0.4) is 0 Å². The molecule has 94 valence electrons. The molecule has 0 saturated carbocycles. The van der Waals surface area contributed by atoms with Crippen LogP contribution in [0.2, 0.25) is 0 Å². The van der Waals surface area contributed by atoms with Crippen LogP contribution in [0.1, 0.15) is 22.5 Å². The van der Waals surface area contributed by atoms with Crippen molar-refractivity contribution in [2.24, 2.45) is 0 Å². The van der Waals surface area contributed by atoms with Crippen LogP contribution in [0.5, 0.6) is 0 Å². The first-order valence-electron chi connectivity index (χ1n) is 5.17. The van der Waals surface area contributed by atoms with Gasteiger partial charge in [0, 0.05) is 12.7 Å².